The Morgan fingerprint density at radius 2 is 1.98 bits per heavy atom. The van der Waals surface area contributed by atoms with E-state index in [9.17, 15) is 10.1 Å². The van der Waals surface area contributed by atoms with Crippen LogP contribution in [0.3, 0.4) is 0 Å². The van der Waals surface area contributed by atoms with Crippen LogP contribution in [0.15, 0.2) is 53.8 Å². The molecular weight excluding hydrogens is 613 g/mol. The molecule has 244 valence electrons. The molecule has 0 radical (unpaired) electrons. The van der Waals surface area contributed by atoms with Gasteiger partial charge in [0, 0.05) is 43.7 Å². The van der Waals surface area contributed by atoms with Crippen molar-refractivity contribution >= 4 is 40.3 Å². The van der Waals surface area contributed by atoms with E-state index in [1.807, 2.05) is 42.8 Å². The van der Waals surface area contributed by atoms with Crippen LogP contribution in [0.5, 0.6) is 0 Å². The molecule has 1 amide bonds. The van der Waals surface area contributed by atoms with Crippen LogP contribution in [0.2, 0.25) is 0 Å². The fraction of sp³-hybridized carbons (Fsp3) is 0.457. The maximum absolute atomic E-state index is 13.1. The zero-order chi connectivity index (χ0) is 32.3. The second-order valence-electron chi connectivity index (χ2n) is 12.4. The van der Waals surface area contributed by atoms with Crippen LogP contribution in [0, 0.1) is 18.3 Å². The Labute approximate surface area is 279 Å². The van der Waals surface area contributed by atoms with Crippen molar-refractivity contribution in [2.24, 2.45) is 0 Å². The average molecular weight is 653 g/mol. The van der Waals surface area contributed by atoms with Crippen LogP contribution in [0.1, 0.15) is 54.3 Å². The van der Waals surface area contributed by atoms with Crippen molar-refractivity contribution in [3.8, 4) is 6.07 Å². The Hall–Kier alpha value is -4.34. The molecule has 0 spiro atoms. The lowest BCUT2D eigenvalue weighted by Crippen LogP contribution is -2.55. The zero-order valence-corrected chi connectivity index (χ0v) is 27.8. The summed E-state index contributed by atoms with van der Waals surface area (Å²) in [6.07, 6.45) is 7.82. The predicted octanol–water partition coefficient (Wildman–Crippen LogP) is 5.86. The summed E-state index contributed by atoms with van der Waals surface area (Å²) in [7, 11) is 0. The van der Waals surface area contributed by atoms with Gasteiger partial charge in [0.1, 0.15) is 12.4 Å². The van der Waals surface area contributed by atoms with Crippen molar-refractivity contribution in [1.82, 2.24) is 24.6 Å². The molecule has 2 aromatic carbocycles. The van der Waals surface area contributed by atoms with Gasteiger partial charge >= 0.3 is 6.09 Å². The van der Waals surface area contributed by atoms with Gasteiger partial charge in [-0.1, -0.05) is 48.2 Å². The standard InChI is InChI=1S/C35H40N8O3S/c1-24-11-12-30-28(20-37-43(30)31-10-6-7-19-45-31)32(24)40-16-14-27-29(22-40)38-34(47-2)39-33(27)41-17-18-42(26(21-41)13-15-36)35(44)46-23-25-8-4-3-5-9-25/h3-5,8-9,11-12,20,26,31H,6-7,10,13-14,16-19,21-23H2,1-2H3/t26-,31?/m0/s1. The summed E-state index contributed by atoms with van der Waals surface area (Å²) in [5.74, 6) is 0.913. The van der Waals surface area contributed by atoms with Crippen molar-refractivity contribution in [2.75, 3.05) is 48.8 Å². The minimum absolute atomic E-state index is 0.0191. The van der Waals surface area contributed by atoms with Crippen LogP contribution in [0.25, 0.3) is 10.9 Å². The third kappa shape index (κ3) is 6.34. The summed E-state index contributed by atoms with van der Waals surface area (Å²) in [5, 5.41) is 16.3. The first-order valence-electron chi connectivity index (χ1n) is 16.4. The number of carbonyl (C=O) groups excluding carboxylic acids is 1. The lowest BCUT2D eigenvalue weighted by atomic mass is 10.0. The van der Waals surface area contributed by atoms with Gasteiger partial charge in [0.25, 0.3) is 0 Å². The number of fused-ring (bicyclic) bond motifs is 2. The van der Waals surface area contributed by atoms with Gasteiger partial charge in [-0.15, -0.1) is 0 Å². The van der Waals surface area contributed by atoms with Gasteiger partial charge in [0.05, 0.1) is 48.2 Å². The number of anilines is 2. The molecule has 2 fully saturated rings. The molecule has 2 atom stereocenters. The molecule has 12 heteroatoms. The second-order valence-corrected chi connectivity index (χ2v) is 13.2. The second kappa shape index (κ2) is 13.8. The molecule has 3 aliphatic heterocycles. The summed E-state index contributed by atoms with van der Waals surface area (Å²) in [4.78, 5) is 29.5. The van der Waals surface area contributed by atoms with E-state index in [4.69, 9.17) is 24.5 Å². The van der Waals surface area contributed by atoms with Gasteiger partial charge in [-0.05, 0) is 56.1 Å². The number of ether oxygens (including phenoxy) is 2. The number of thioether (sulfide) groups is 1. The fourth-order valence-corrected chi connectivity index (χ4v) is 7.46. The van der Waals surface area contributed by atoms with E-state index in [1.165, 1.54) is 23.0 Å². The number of aryl methyl sites for hydroxylation is 1. The largest absolute Gasteiger partial charge is 0.445 e. The number of carbonyl (C=O) groups is 1. The number of nitriles is 1. The molecule has 0 bridgehead atoms. The molecule has 7 rings (SSSR count). The molecule has 0 aliphatic carbocycles. The van der Waals surface area contributed by atoms with Crippen LogP contribution in [-0.4, -0.2) is 75.8 Å². The molecule has 2 aromatic heterocycles. The van der Waals surface area contributed by atoms with E-state index in [0.717, 1.165) is 77.5 Å². The number of piperazine rings is 1. The number of nitrogens with zero attached hydrogens (tertiary/aromatic N) is 8. The summed E-state index contributed by atoms with van der Waals surface area (Å²) in [5.41, 5.74) is 6.59. The van der Waals surface area contributed by atoms with Crippen molar-refractivity contribution < 1.29 is 14.3 Å². The number of aromatic nitrogens is 4. The number of hydrogen-bond acceptors (Lipinski definition) is 10. The Morgan fingerprint density at radius 1 is 1.11 bits per heavy atom. The molecule has 0 saturated carbocycles. The predicted molar refractivity (Wildman–Crippen MR) is 181 cm³/mol. The third-order valence-corrected chi connectivity index (χ3v) is 10.0. The molecule has 0 N–H and O–H groups in total. The van der Waals surface area contributed by atoms with Crippen LogP contribution >= 0.6 is 11.8 Å². The van der Waals surface area contributed by atoms with Gasteiger partial charge in [-0.2, -0.15) is 10.4 Å². The Morgan fingerprint density at radius 3 is 2.77 bits per heavy atom. The highest BCUT2D eigenvalue weighted by molar-refractivity contribution is 7.98. The first-order valence-corrected chi connectivity index (χ1v) is 17.6. The molecule has 5 heterocycles. The third-order valence-electron chi connectivity index (χ3n) is 9.45. The lowest BCUT2D eigenvalue weighted by molar-refractivity contribution is -0.0366. The number of benzene rings is 2. The van der Waals surface area contributed by atoms with Gasteiger partial charge < -0.3 is 24.2 Å². The van der Waals surface area contributed by atoms with E-state index in [2.05, 4.69) is 39.6 Å². The van der Waals surface area contributed by atoms with Crippen LogP contribution in [-0.2, 0) is 29.0 Å². The van der Waals surface area contributed by atoms with E-state index in [1.54, 1.807) is 4.90 Å². The molecule has 11 nitrogen and oxygen atoms in total. The zero-order valence-electron chi connectivity index (χ0n) is 27.0. The van der Waals surface area contributed by atoms with Gasteiger partial charge in [-0.3, -0.25) is 0 Å². The Kier molecular flexibility index (Phi) is 9.18. The molecule has 47 heavy (non-hydrogen) atoms. The highest BCUT2D eigenvalue weighted by atomic mass is 32.2. The molecule has 1 unspecified atom stereocenters. The molecule has 3 aliphatic rings. The number of hydrogen-bond donors (Lipinski definition) is 0. The van der Waals surface area contributed by atoms with E-state index < -0.39 is 0 Å². The molecular formula is C35H40N8O3S. The highest BCUT2D eigenvalue weighted by Gasteiger charge is 2.35. The van der Waals surface area contributed by atoms with Gasteiger partial charge in [-0.25, -0.2) is 19.4 Å². The van der Waals surface area contributed by atoms with Crippen LogP contribution in [0.4, 0.5) is 16.3 Å². The quantitative estimate of drug-likeness (QED) is 0.178. The van der Waals surface area contributed by atoms with Gasteiger partial charge in [0.2, 0.25) is 0 Å². The van der Waals surface area contributed by atoms with E-state index in [-0.39, 0.29) is 31.4 Å². The van der Waals surface area contributed by atoms with Crippen molar-refractivity contribution in [3.63, 3.8) is 0 Å². The maximum atomic E-state index is 13.1. The summed E-state index contributed by atoms with van der Waals surface area (Å²) >= 11 is 1.53. The van der Waals surface area contributed by atoms with E-state index >= 15 is 0 Å². The van der Waals surface area contributed by atoms with Crippen molar-refractivity contribution in [2.45, 2.75) is 69.6 Å². The first-order chi connectivity index (χ1) is 23.0. The Bertz CT molecular complexity index is 1790. The SMILES string of the molecule is CSc1nc2c(c(N3CCN(C(=O)OCc4ccccc4)[C@@H](CC#N)C3)n1)CCN(c1c(C)ccc3c1cnn3C1CCCCO1)C2. The minimum Gasteiger partial charge on any atom is -0.445 e. The Balaban J connectivity index is 1.12. The fourth-order valence-electron chi connectivity index (χ4n) is 7.08. The maximum Gasteiger partial charge on any atom is 0.410 e. The van der Waals surface area contributed by atoms with Crippen LogP contribution < -0.4 is 9.80 Å². The lowest BCUT2D eigenvalue weighted by Gasteiger charge is -2.42. The highest BCUT2D eigenvalue weighted by Crippen LogP contribution is 2.38. The monoisotopic (exact) mass is 652 g/mol. The summed E-state index contributed by atoms with van der Waals surface area (Å²) in [6.45, 7) is 6.19. The van der Waals surface area contributed by atoms with Gasteiger partial charge in [0.15, 0.2) is 11.4 Å². The average Bonchev–Trinajstić information content (AvgIpc) is 3.55. The van der Waals surface area contributed by atoms with Crippen molar-refractivity contribution in [3.05, 3.63) is 71.0 Å². The summed E-state index contributed by atoms with van der Waals surface area (Å²) in [6, 6.07) is 16.0. The molecule has 2 saturated heterocycles. The molecule has 4 aromatic rings. The topological polar surface area (TPSA) is 113 Å². The number of amides is 1. The smallest absolute Gasteiger partial charge is 0.410 e. The normalized spacial score (nSPS) is 19.8. The van der Waals surface area contributed by atoms with Crippen molar-refractivity contribution in [1.29, 1.82) is 5.26 Å². The summed E-state index contributed by atoms with van der Waals surface area (Å²) < 4.78 is 13.8. The number of rotatable bonds is 7. The van der Waals surface area contributed by atoms with E-state index in [0.29, 0.717) is 26.2 Å². The first kappa shape index (κ1) is 31.3. The minimum atomic E-state index is -0.387.